The molecule has 1 aromatic carbocycles. The molecule has 5 nitrogen and oxygen atoms in total. The molecular formula is C20H25N3O2S2. The summed E-state index contributed by atoms with van der Waals surface area (Å²) in [5.41, 5.74) is 3.79. The molecule has 1 aliphatic carbocycles. The Bertz CT molecular complexity index is 828. The summed E-state index contributed by atoms with van der Waals surface area (Å²) in [6.45, 7) is 0. The standard InChI is InChI=1S/C20H25N3O2S2/c1-23(2)14-11-9-13(10-12-14)21-20(26)22-18-17(19(24)25-3)15-7-5-4-6-8-16(15)27-18/h9-12H,4-8H2,1-3H3,(H2,21,22,26). The van der Waals surface area contributed by atoms with E-state index in [1.165, 1.54) is 18.4 Å². The van der Waals surface area contributed by atoms with Crippen molar-refractivity contribution in [1.29, 1.82) is 0 Å². The minimum atomic E-state index is -0.296. The Morgan fingerprint density at radius 3 is 2.48 bits per heavy atom. The molecule has 1 aliphatic rings. The Labute approximate surface area is 169 Å². The molecule has 0 saturated carbocycles. The van der Waals surface area contributed by atoms with Crippen LogP contribution in [0.5, 0.6) is 0 Å². The van der Waals surface area contributed by atoms with Gasteiger partial charge in [0.05, 0.1) is 12.7 Å². The molecule has 1 heterocycles. The van der Waals surface area contributed by atoms with Gasteiger partial charge in [-0.15, -0.1) is 11.3 Å². The van der Waals surface area contributed by atoms with Crippen molar-refractivity contribution in [3.63, 3.8) is 0 Å². The van der Waals surface area contributed by atoms with Crippen LogP contribution in [0.3, 0.4) is 0 Å². The zero-order valence-electron chi connectivity index (χ0n) is 15.9. The smallest absolute Gasteiger partial charge is 0.341 e. The number of hydrogen-bond donors (Lipinski definition) is 2. The molecule has 3 rings (SSSR count). The van der Waals surface area contributed by atoms with Crippen molar-refractivity contribution in [1.82, 2.24) is 0 Å². The van der Waals surface area contributed by atoms with E-state index in [0.29, 0.717) is 10.7 Å². The minimum absolute atomic E-state index is 0.296. The number of nitrogens with zero attached hydrogens (tertiary/aromatic N) is 1. The number of esters is 1. The second kappa shape index (κ2) is 8.71. The van der Waals surface area contributed by atoms with Gasteiger partial charge in [-0.2, -0.15) is 0 Å². The Kier molecular flexibility index (Phi) is 6.34. The van der Waals surface area contributed by atoms with E-state index in [4.69, 9.17) is 17.0 Å². The van der Waals surface area contributed by atoms with Crippen LogP contribution in [0.1, 0.15) is 40.1 Å². The summed E-state index contributed by atoms with van der Waals surface area (Å²) in [5.74, 6) is -0.296. The second-order valence-electron chi connectivity index (χ2n) is 6.78. The van der Waals surface area contributed by atoms with Crippen molar-refractivity contribution in [2.45, 2.75) is 32.1 Å². The SMILES string of the molecule is COC(=O)c1c(NC(=S)Nc2ccc(N(C)C)cc2)sc2c1CCCCC2. The highest BCUT2D eigenvalue weighted by atomic mass is 32.1. The number of hydrogen-bond acceptors (Lipinski definition) is 5. The normalized spacial score (nSPS) is 13.3. The van der Waals surface area contributed by atoms with E-state index < -0.39 is 0 Å². The summed E-state index contributed by atoms with van der Waals surface area (Å²) < 4.78 is 5.04. The molecular weight excluding hydrogens is 378 g/mol. The highest BCUT2D eigenvalue weighted by Gasteiger charge is 2.25. The summed E-state index contributed by atoms with van der Waals surface area (Å²) in [6, 6.07) is 8.01. The summed E-state index contributed by atoms with van der Waals surface area (Å²) in [5, 5.41) is 7.65. The molecule has 1 aromatic heterocycles. The van der Waals surface area contributed by atoms with Gasteiger partial charge in [-0.05, 0) is 67.7 Å². The highest BCUT2D eigenvalue weighted by molar-refractivity contribution is 7.80. The number of rotatable bonds is 4. The van der Waals surface area contributed by atoms with Gasteiger partial charge >= 0.3 is 5.97 Å². The summed E-state index contributed by atoms with van der Waals surface area (Å²) in [4.78, 5) is 15.7. The Balaban J connectivity index is 1.78. The number of carbonyl (C=O) groups is 1. The number of carbonyl (C=O) groups excluding carboxylic acids is 1. The number of thiophene rings is 1. The number of nitrogens with one attached hydrogen (secondary N) is 2. The predicted molar refractivity (Wildman–Crippen MR) is 118 cm³/mol. The lowest BCUT2D eigenvalue weighted by Gasteiger charge is -2.14. The molecule has 2 N–H and O–H groups in total. The fourth-order valence-electron chi connectivity index (χ4n) is 3.26. The number of anilines is 3. The lowest BCUT2D eigenvalue weighted by atomic mass is 10.1. The summed E-state index contributed by atoms with van der Waals surface area (Å²) in [7, 11) is 5.43. The van der Waals surface area contributed by atoms with Crippen LogP contribution < -0.4 is 15.5 Å². The van der Waals surface area contributed by atoms with Gasteiger partial charge in [0.2, 0.25) is 0 Å². The summed E-state index contributed by atoms with van der Waals surface area (Å²) >= 11 is 7.09. The lowest BCUT2D eigenvalue weighted by molar-refractivity contribution is 0.0601. The van der Waals surface area contributed by atoms with Gasteiger partial charge in [0.1, 0.15) is 5.00 Å². The van der Waals surface area contributed by atoms with Gasteiger partial charge in [-0.3, -0.25) is 0 Å². The molecule has 144 valence electrons. The molecule has 0 saturated heterocycles. The van der Waals surface area contributed by atoms with E-state index in [-0.39, 0.29) is 5.97 Å². The maximum atomic E-state index is 12.4. The zero-order chi connectivity index (χ0) is 19.4. The zero-order valence-corrected chi connectivity index (χ0v) is 17.6. The molecule has 27 heavy (non-hydrogen) atoms. The Morgan fingerprint density at radius 1 is 1.11 bits per heavy atom. The van der Waals surface area contributed by atoms with E-state index in [2.05, 4.69) is 10.6 Å². The third-order valence-electron chi connectivity index (χ3n) is 4.68. The van der Waals surface area contributed by atoms with Crippen molar-refractivity contribution in [3.05, 3.63) is 40.3 Å². The second-order valence-corrected chi connectivity index (χ2v) is 8.29. The predicted octanol–water partition coefficient (Wildman–Crippen LogP) is 4.68. The maximum absolute atomic E-state index is 12.4. The molecule has 0 bridgehead atoms. The number of benzene rings is 1. The van der Waals surface area contributed by atoms with Crippen molar-refractivity contribution >= 4 is 51.0 Å². The Hall–Kier alpha value is -2.12. The van der Waals surface area contributed by atoms with Crippen LogP contribution in [-0.2, 0) is 17.6 Å². The third-order valence-corrected chi connectivity index (χ3v) is 6.09. The third kappa shape index (κ3) is 4.59. The lowest BCUT2D eigenvalue weighted by Crippen LogP contribution is -2.20. The van der Waals surface area contributed by atoms with Crippen molar-refractivity contribution in [3.8, 4) is 0 Å². The van der Waals surface area contributed by atoms with Gasteiger partial charge in [-0.25, -0.2) is 4.79 Å². The molecule has 0 radical (unpaired) electrons. The molecule has 2 aromatic rings. The highest BCUT2D eigenvalue weighted by Crippen LogP contribution is 2.38. The average molecular weight is 404 g/mol. The van der Waals surface area contributed by atoms with Crippen LogP contribution in [-0.4, -0.2) is 32.3 Å². The summed E-state index contributed by atoms with van der Waals surface area (Å²) in [6.07, 6.45) is 5.40. The molecule has 0 unspecified atom stereocenters. The van der Waals surface area contributed by atoms with E-state index in [9.17, 15) is 4.79 Å². The van der Waals surface area contributed by atoms with Crippen molar-refractivity contribution in [2.75, 3.05) is 36.7 Å². The quantitative estimate of drug-likeness (QED) is 0.439. The van der Waals surface area contributed by atoms with E-state index >= 15 is 0 Å². The number of fused-ring (bicyclic) bond motifs is 1. The fourth-order valence-corrected chi connectivity index (χ4v) is 4.82. The average Bonchev–Trinajstić information content (AvgIpc) is 2.82. The first kappa shape index (κ1) is 19.6. The van der Waals surface area contributed by atoms with Crippen LogP contribution >= 0.6 is 23.6 Å². The number of methoxy groups -OCH3 is 1. The van der Waals surface area contributed by atoms with Crippen LogP contribution in [0.25, 0.3) is 0 Å². The van der Waals surface area contributed by atoms with Gasteiger partial charge in [0.25, 0.3) is 0 Å². The molecule has 0 aliphatic heterocycles. The minimum Gasteiger partial charge on any atom is -0.465 e. The number of thiocarbonyl (C=S) groups is 1. The van der Waals surface area contributed by atoms with Crippen LogP contribution in [0.4, 0.5) is 16.4 Å². The van der Waals surface area contributed by atoms with Gasteiger partial charge in [0.15, 0.2) is 5.11 Å². The monoisotopic (exact) mass is 403 g/mol. The Morgan fingerprint density at radius 2 is 1.81 bits per heavy atom. The first-order valence-corrected chi connectivity index (χ1v) is 10.3. The first-order valence-electron chi connectivity index (χ1n) is 9.08. The molecule has 7 heteroatoms. The largest absolute Gasteiger partial charge is 0.465 e. The van der Waals surface area contributed by atoms with Crippen LogP contribution in [0.15, 0.2) is 24.3 Å². The van der Waals surface area contributed by atoms with E-state index in [1.54, 1.807) is 11.3 Å². The van der Waals surface area contributed by atoms with Gasteiger partial charge in [0, 0.05) is 30.3 Å². The van der Waals surface area contributed by atoms with Crippen molar-refractivity contribution in [2.24, 2.45) is 0 Å². The first-order chi connectivity index (χ1) is 13.0. The molecule has 0 atom stereocenters. The van der Waals surface area contributed by atoms with E-state index in [0.717, 1.165) is 47.6 Å². The number of aryl methyl sites for hydroxylation is 1. The van der Waals surface area contributed by atoms with E-state index in [1.807, 2.05) is 43.3 Å². The van der Waals surface area contributed by atoms with Crippen LogP contribution in [0.2, 0.25) is 0 Å². The van der Waals surface area contributed by atoms with Crippen molar-refractivity contribution < 1.29 is 9.53 Å². The molecule has 0 fully saturated rings. The topological polar surface area (TPSA) is 53.6 Å². The number of ether oxygens (including phenoxy) is 1. The van der Waals surface area contributed by atoms with Crippen LogP contribution in [0, 0.1) is 0 Å². The van der Waals surface area contributed by atoms with Gasteiger partial charge in [-0.1, -0.05) is 6.42 Å². The van der Waals surface area contributed by atoms with Gasteiger partial charge < -0.3 is 20.3 Å². The molecule has 0 amide bonds. The maximum Gasteiger partial charge on any atom is 0.341 e. The molecule has 0 spiro atoms. The fraction of sp³-hybridized carbons (Fsp3) is 0.400.